The molecule has 2 heterocycles. The molecule has 1 aromatic heterocycles. The topological polar surface area (TPSA) is 76.9 Å². The summed E-state index contributed by atoms with van der Waals surface area (Å²) in [5, 5.41) is 9.41. The van der Waals surface area contributed by atoms with Crippen LogP contribution in [0, 0.1) is 23.2 Å². The van der Waals surface area contributed by atoms with E-state index in [-0.39, 0.29) is 17.2 Å². The molecule has 8 rings (SSSR count). The number of nitrogens with two attached hydrogens (primary N) is 1. The van der Waals surface area contributed by atoms with E-state index >= 15 is 0 Å². The minimum absolute atomic E-state index is 0.115. The molecule has 1 atom stereocenters. The van der Waals surface area contributed by atoms with Crippen LogP contribution in [0.5, 0.6) is 11.6 Å². The molecule has 3 aromatic rings. The summed E-state index contributed by atoms with van der Waals surface area (Å²) < 4.78 is 48.5. The Bertz CT molecular complexity index is 1410. The molecule has 5 aliphatic rings. The number of nitrogen functional groups attached to an aromatic ring is 1. The zero-order valence-electron chi connectivity index (χ0n) is 19.7. The third kappa shape index (κ3) is 3.22. The molecule has 4 saturated carbocycles. The quantitative estimate of drug-likeness (QED) is 0.328. The second-order valence-electron chi connectivity index (χ2n) is 11.3. The van der Waals surface area contributed by atoms with Crippen LogP contribution in [0.15, 0.2) is 48.8 Å². The highest BCUT2D eigenvalue weighted by Gasteiger charge is 2.52. The number of ether oxygens (including phenoxy) is 1. The second-order valence-corrected chi connectivity index (χ2v) is 11.3. The maximum Gasteiger partial charge on any atom is 0.416 e. The Morgan fingerprint density at radius 3 is 2.33 bits per heavy atom. The Hall–Kier alpha value is -3.29. The lowest BCUT2D eigenvalue weighted by molar-refractivity contribution is -0.137. The van der Waals surface area contributed by atoms with Crippen molar-refractivity contribution in [3.05, 3.63) is 76.5 Å². The van der Waals surface area contributed by atoms with Gasteiger partial charge in [-0.25, -0.2) is 4.98 Å². The summed E-state index contributed by atoms with van der Waals surface area (Å²) in [6.45, 7) is 0. The van der Waals surface area contributed by atoms with Gasteiger partial charge in [0.25, 0.3) is 0 Å². The van der Waals surface area contributed by atoms with Gasteiger partial charge in [0.05, 0.1) is 11.1 Å². The number of anilines is 1. The predicted octanol–water partition coefficient (Wildman–Crippen LogP) is 6.17. The van der Waals surface area contributed by atoms with Crippen molar-refractivity contribution in [2.75, 3.05) is 5.73 Å². The summed E-state index contributed by atoms with van der Waals surface area (Å²) in [4.78, 5) is 4.63. The second kappa shape index (κ2) is 7.37. The fourth-order valence-corrected chi connectivity index (χ4v) is 7.91. The average molecular weight is 493 g/mol. The lowest BCUT2D eigenvalue weighted by atomic mass is 9.53. The number of fused-ring (bicyclic) bond motifs is 2. The SMILES string of the molecule is N=c1c2c(ncn1C13CC4CC(CC(C4)C1)C3)Oc1cc(C(F)(F)F)ccc1C2c1cccc(N)c1. The van der Waals surface area contributed by atoms with E-state index in [1.54, 1.807) is 12.4 Å². The number of hydrogen-bond acceptors (Lipinski definition) is 4. The van der Waals surface area contributed by atoms with Crippen molar-refractivity contribution < 1.29 is 17.9 Å². The highest BCUT2D eigenvalue weighted by atomic mass is 19.4. The van der Waals surface area contributed by atoms with Gasteiger partial charge in [-0.2, -0.15) is 13.2 Å². The summed E-state index contributed by atoms with van der Waals surface area (Å²) in [5.74, 6) is 1.89. The molecule has 4 fully saturated rings. The van der Waals surface area contributed by atoms with Gasteiger partial charge < -0.3 is 15.0 Å². The highest BCUT2D eigenvalue weighted by Crippen LogP contribution is 2.58. The molecular weight excluding hydrogens is 465 g/mol. The van der Waals surface area contributed by atoms with E-state index in [1.807, 2.05) is 18.2 Å². The number of alkyl halides is 3. The van der Waals surface area contributed by atoms with Crippen molar-refractivity contribution in [2.24, 2.45) is 17.8 Å². The number of benzene rings is 2. The van der Waals surface area contributed by atoms with Crippen molar-refractivity contribution in [2.45, 2.75) is 56.2 Å². The monoisotopic (exact) mass is 492 g/mol. The van der Waals surface area contributed by atoms with Crippen molar-refractivity contribution in [1.29, 1.82) is 5.41 Å². The summed E-state index contributed by atoms with van der Waals surface area (Å²) in [5.41, 5.74) is 8.08. The first-order valence-corrected chi connectivity index (χ1v) is 12.6. The van der Waals surface area contributed by atoms with Gasteiger partial charge >= 0.3 is 6.18 Å². The van der Waals surface area contributed by atoms with Crippen molar-refractivity contribution >= 4 is 5.69 Å². The fraction of sp³-hybridized carbons (Fsp3) is 0.429. The van der Waals surface area contributed by atoms with Crippen molar-refractivity contribution in [3.8, 4) is 11.6 Å². The number of halogens is 3. The van der Waals surface area contributed by atoms with Crippen LogP contribution in [0.25, 0.3) is 0 Å². The van der Waals surface area contributed by atoms with Gasteiger partial charge in [-0.05, 0) is 86.1 Å². The summed E-state index contributed by atoms with van der Waals surface area (Å²) >= 11 is 0. The first kappa shape index (κ1) is 21.9. The van der Waals surface area contributed by atoms with E-state index in [9.17, 15) is 18.6 Å². The zero-order valence-corrected chi connectivity index (χ0v) is 19.7. The summed E-state index contributed by atoms with van der Waals surface area (Å²) in [7, 11) is 0. The molecule has 186 valence electrons. The van der Waals surface area contributed by atoms with Crippen LogP contribution in [0.1, 0.15) is 66.7 Å². The van der Waals surface area contributed by atoms with E-state index in [0.29, 0.717) is 40.1 Å². The lowest BCUT2D eigenvalue weighted by Gasteiger charge is -2.57. The molecule has 0 saturated heterocycles. The fourth-order valence-electron chi connectivity index (χ4n) is 7.91. The third-order valence-corrected chi connectivity index (χ3v) is 8.93. The number of rotatable bonds is 2. The smallest absolute Gasteiger partial charge is 0.416 e. The molecule has 36 heavy (non-hydrogen) atoms. The molecule has 4 aliphatic carbocycles. The Kier molecular flexibility index (Phi) is 4.49. The van der Waals surface area contributed by atoms with Crippen LogP contribution in [0.3, 0.4) is 0 Å². The normalized spacial score (nSPS) is 30.0. The maximum atomic E-state index is 13.5. The largest absolute Gasteiger partial charge is 0.438 e. The van der Waals surface area contributed by atoms with Crippen LogP contribution in [-0.2, 0) is 11.7 Å². The van der Waals surface area contributed by atoms with Crippen LogP contribution >= 0.6 is 0 Å². The number of aromatic nitrogens is 2. The molecule has 1 unspecified atom stereocenters. The number of nitrogens with one attached hydrogen (secondary N) is 1. The predicted molar refractivity (Wildman–Crippen MR) is 128 cm³/mol. The van der Waals surface area contributed by atoms with Gasteiger partial charge in [-0.15, -0.1) is 0 Å². The van der Waals surface area contributed by atoms with Gasteiger partial charge in [0, 0.05) is 22.7 Å². The van der Waals surface area contributed by atoms with Gasteiger partial charge in [-0.3, -0.25) is 5.41 Å². The first-order valence-electron chi connectivity index (χ1n) is 12.6. The summed E-state index contributed by atoms with van der Waals surface area (Å²) in [6, 6.07) is 10.9. The molecular formula is C28H27F3N4O. The maximum absolute atomic E-state index is 13.5. The van der Waals surface area contributed by atoms with Gasteiger partial charge in [0.2, 0.25) is 5.88 Å². The Morgan fingerprint density at radius 1 is 1.00 bits per heavy atom. The molecule has 8 heteroatoms. The summed E-state index contributed by atoms with van der Waals surface area (Å²) in [6.07, 6.45) is 4.25. The van der Waals surface area contributed by atoms with Crippen LogP contribution in [-0.4, -0.2) is 9.55 Å². The Labute approximate surface area is 206 Å². The van der Waals surface area contributed by atoms with E-state index in [0.717, 1.165) is 37.0 Å². The van der Waals surface area contributed by atoms with Crippen LogP contribution in [0.4, 0.5) is 18.9 Å². The average Bonchev–Trinajstić information content (AvgIpc) is 2.81. The molecule has 3 N–H and O–H groups in total. The third-order valence-electron chi connectivity index (χ3n) is 8.93. The Balaban J connectivity index is 1.42. The molecule has 5 nitrogen and oxygen atoms in total. The van der Waals surface area contributed by atoms with Crippen LogP contribution < -0.4 is 16.0 Å². The standard InChI is InChI=1S/C28H27F3N4O/c29-28(30,31)19-4-5-21-22(10-19)36-26-24(23(21)18-2-1-3-20(32)9-18)25(33)35(14-34-26)27-11-15-6-16(12-27)8-17(7-15)13-27/h1-5,9-10,14-17,23,33H,6-8,11-13,32H2. The minimum Gasteiger partial charge on any atom is -0.438 e. The van der Waals surface area contributed by atoms with E-state index in [1.165, 1.54) is 25.3 Å². The zero-order chi connectivity index (χ0) is 24.8. The molecule has 2 aromatic carbocycles. The number of nitrogens with zero attached hydrogens (tertiary/aromatic N) is 2. The van der Waals surface area contributed by atoms with Crippen LogP contribution in [0.2, 0.25) is 0 Å². The molecule has 1 aliphatic heterocycles. The van der Waals surface area contributed by atoms with Gasteiger partial charge in [-0.1, -0.05) is 18.2 Å². The van der Waals surface area contributed by atoms with Gasteiger partial charge in [0.1, 0.15) is 17.6 Å². The molecule has 4 bridgehead atoms. The molecule has 0 spiro atoms. The lowest BCUT2D eigenvalue weighted by Crippen LogP contribution is -2.55. The number of hydrogen-bond donors (Lipinski definition) is 2. The Morgan fingerprint density at radius 2 is 1.69 bits per heavy atom. The molecule has 0 amide bonds. The van der Waals surface area contributed by atoms with E-state index in [4.69, 9.17) is 10.5 Å². The highest BCUT2D eigenvalue weighted by molar-refractivity contribution is 5.58. The van der Waals surface area contributed by atoms with E-state index in [2.05, 4.69) is 9.55 Å². The first-order chi connectivity index (χ1) is 17.2. The van der Waals surface area contributed by atoms with Crippen molar-refractivity contribution in [3.63, 3.8) is 0 Å². The van der Waals surface area contributed by atoms with E-state index < -0.39 is 17.7 Å². The van der Waals surface area contributed by atoms with Gasteiger partial charge in [0.15, 0.2) is 0 Å². The minimum atomic E-state index is -4.49. The van der Waals surface area contributed by atoms with Crippen molar-refractivity contribution in [1.82, 2.24) is 9.55 Å². The molecule has 0 radical (unpaired) electrons.